The van der Waals surface area contributed by atoms with Crippen LogP contribution >= 0.6 is 0 Å². The van der Waals surface area contributed by atoms with Gasteiger partial charge in [-0.25, -0.2) is 9.97 Å². The Bertz CT molecular complexity index is 3470. The summed E-state index contributed by atoms with van der Waals surface area (Å²) in [5.74, 6) is 0.668. The van der Waals surface area contributed by atoms with Crippen LogP contribution in [0.1, 0.15) is 43.2 Å². The molecule has 0 N–H and O–H groups in total. The SMILES string of the molecule is c1ccc2c(c1)-c1c(c3c(c4ccccc14)c1c4ccccc4ccc1n3-c1nc(-c3cccc4ccccc34)c3oc4ccccc4c3n1)C21CCCCC1. The first-order valence-corrected chi connectivity index (χ1v) is 20.0. The van der Waals surface area contributed by atoms with Gasteiger partial charge in [0.25, 0.3) is 0 Å². The molecule has 8 aromatic carbocycles. The van der Waals surface area contributed by atoms with E-state index in [2.05, 4.69) is 144 Å². The van der Waals surface area contributed by atoms with Gasteiger partial charge in [-0.3, -0.25) is 4.57 Å². The Morgan fingerprint density at radius 1 is 0.518 bits per heavy atom. The summed E-state index contributed by atoms with van der Waals surface area (Å²) in [6.45, 7) is 0. The Kier molecular flexibility index (Phi) is 6.08. The zero-order valence-corrected chi connectivity index (χ0v) is 30.7. The fourth-order valence-corrected chi connectivity index (χ4v) is 10.9. The molecule has 4 heteroatoms. The molecule has 0 amide bonds. The fraction of sp³-hybridized carbons (Fsp3) is 0.115. The number of para-hydroxylation sites is 1. The number of furan rings is 1. The van der Waals surface area contributed by atoms with Crippen LogP contribution in [0.2, 0.25) is 0 Å². The van der Waals surface area contributed by atoms with Crippen molar-refractivity contribution in [2.75, 3.05) is 0 Å². The Morgan fingerprint density at radius 2 is 1.18 bits per heavy atom. The standard InChI is InChI=1S/C52H35N3O/c1-12-29-52(30-13-1)40-25-10-8-22-38(40)43-35-20-6-7-21-36(35)45-44-34-19-5-3-16-32(34)27-28-41(44)55(49(45)46(43)52)51-53-47(37-24-14-17-31-15-2-4-18-33(31)37)50-48(54-51)39-23-9-11-26-42(39)56-50/h2-11,14-28H,1,12-13,29-30H2. The Balaban J connectivity index is 1.29. The Hall–Kier alpha value is -6.78. The van der Waals surface area contributed by atoms with Gasteiger partial charge in [0.2, 0.25) is 5.95 Å². The molecule has 3 aromatic heterocycles. The number of nitrogens with zero attached hydrogens (tertiary/aromatic N) is 3. The van der Waals surface area contributed by atoms with Gasteiger partial charge in [-0.15, -0.1) is 0 Å². The topological polar surface area (TPSA) is 43.9 Å². The molecule has 264 valence electrons. The van der Waals surface area contributed by atoms with E-state index in [9.17, 15) is 0 Å². The van der Waals surface area contributed by atoms with Crippen LogP contribution in [0.15, 0.2) is 156 Å². The van der Waals surface area contributed by atoms with E-state index in [4.69, 9.17) is 14.4 Å². The van der Waals surface area contributed by atoms with Crippen LogP contribution in [0, 0.1) is 0 Å². The van der Waals surface area contributed by atoms with Gasteiger partial charge in [0.15, 0.2) is 5.58 Å². The number of aromatic nitrogens is 3. The molecule has 4 nitrogen and oxygen atoms in total. The molecule has 0 aliphatic heterocycles. The highest BCUT2D eigenvalue weighted by molar-refractivity contribution is 6.32. The van der Waals surface area contributed by atoms with Crippen LogP contribution < -0.4 is 0 Å². The van der Waals surface area contributed by atoms with E-state index in [1.54, 1.807) is 0 Å². The first kappa shape index (κ1) is 30.5. The molecular formula is C52H35N3O. The molecular weight excluding hydrogens is 683 g/mol. The van der Waals surface area contributed by atoms with Gasteiger partial charge >= 0.3 is 0 Å². The van der Waals surface area contributed by atoms with Crippen LogP contribution in [-0.4, -0.2) is 14.5 Å². The molecule has 13 rings (SSSR count). The van der Waals surface area contributed by atoms with E-state index in [0.29, 0.717) is 11.5 Å². The van der Waals surface area contributed by atoms with Gasteiger partial charge < -0.3 is 4.42 Å². The van der Waals surface area contributed by atoms with Crippen LogP contribution in [0.25, 0.3) is 105 Å². The monoisotopic (exact) mass is 717 g/mol. The molecule has 0 atom stereocenters. The summed E-state index contributed by atoms with van der Waals surface area (Å²) in [5, 5.41) is 10.9. The second-order valence-electron chi connectivity index (χ2n) is 15.9. The van der Waals surface area contributed by atoms with Gasteiger partial charge in [-0.05, 0) is 85.6 Å². The molecule has 1 fully saturated rings. The lowest BCUT2D eigenvalue weighted by Gasteiger charge is -2.36. The summed E-state index contributed by atoms with van der Waals surface area (Å²) in [7, 11) is 0. The van der Waals surface area contributed by atoms with Crippen LogP contribution in [0.3, 0.4) is 0 Å². The van der Waals surface area contributed by atoms with Crippen molar-refractivity contribution in [3.8, 4) is 28.3 Å². The lowest BCUT2D eigenvalue weighted by atomic mass is 9.67. The fourth-order valence-electron chi connectivity index (χ4n) is 10.9. The second kappa shape index (κ2) is 11.1. The number of hydrogen-bond donors (Lipinski definition) is 0. The van der Waals surface area contributed by atoms with E-state index in [1.165, 1.54) is 84.7 Å². The summed E-state index contributed by atoms with van der Waals surface area (Å²) in [6.07, 6.45) is 5.94. The second-order valence-corrected chi connectivity index (χ2v) is 15.9. The van der Waals surface area contributed by atoms with Crippen molar-refractivity contribution in [2.24, 2.45) is 0 Å². The molecule has 56 heavy (non-hydrogen) atoms. The molecule has 0 bridgehead atoms. The number of fused-ring (bicyclic) bond motifs is 18. The maximum Gasteiger partial charge on any atom is 0.236 e. The minimum atomic E-state index is -0.112. The first-order chi connectivity index (χ1) is 27.8. The van der Waals surface area contributed by atoms with Gasteiger partial charge in [0.1, 0.15) is 16.8 Å². The molecule has 2 aliphatic carbocycles. The highest BCUT2D eigenvalue weighted by Gasteiger charge is 2.47. The van der Waals surface area contributed by atoms with Crippen molar-refractivity contribution >= 4 is 76.2 Å². The summed E-state index contributed by atoms with van der Waals surface area (Å²) in [6, 6.07) is 55.2. The molecule has 1 spiro atoms. The highest BCUT2D eigenvalue weighted by atomic mass is 16.3. The van der Waals surface area contributed by atoms with Crippen molar-refractivity contribution in [3.63, 3.8) is 0 Å². The average molecular weight is 718 g/mol. The van der Waals surface area contributed by atoms with E-state index in [1.807, 2.05) is 12.1 Å². The van der Waals surface area contributed by atoms with Gasteiger partial charge in [-0.1, -0.05) is 153 Å². The summed E-state index contributed by atoms with van der Waals surface area (Å²) in [4.78, 5) is 11.3. The lowest BCUT2D eigenvalue weighted by molar-refractivity contribution is 0.354. The third-order valence-corrected chi connectivity index (χ3v) is 13.2. The molecule has 0 unspecified atom stereocenters. The maximum absolute atomic E-state index is 6.72. The third-order valence-electron chi connectivity index (χ3n) is 13.2. The number of rotatable bonds is 2. The first-order valence-electron chi connectivity index (χ1n) is 20.0. The van der Waals surface area contributed by atoms with E-state index >= 15 is 0 Å². The number of benzene rings is 8. The van der Waals surface area contributed by atoms with Crippen molar-refractivity contribution in [1.29, 1.82) is 0 Å². The normalized spacial score (nSPS) is 14.9. The van der Waals surface area contributed by atoms with E-state index < -0.39 is 0 Å². The Morgan fingerprint density at radius 3 is 2.04 bits per heavy atom. The lowest BCUT2D eigenvalue weighted by Crippen LogP contribution is -2.28. The minimum Gasteiger partial charge on any atom is -0.452 e. The largest absolute Gasteiger partial charge is 0.452 e. The predicted molar refractivity (Wildman–Crippen MR) is 231 cm³/mol. The summed E-state index contributed by atoms with van der Waals surface area (Å²) >= 11 is 0. The molecule has 2 aliphatic rings. The van der Waals surface area contributed by atoms with Crippen LogP contribution in [0.4, 0.5) is 0 Å². The van der Waals surface area contributed by atoms with Crippen molar-refractivity contribution < 1.29 is 4.42 Å². The van der Waals surface area contributed by atoms with Crippen LogP contribution in [0.5, 0.6) is 0 Å². The quantitative estimate of drug-likeness (QED) is 0.179. The van der Waals surface area contributed by atoms with Crippen molar-refractivity contribution in [1.82, 2.24) is 14.5 Å². The average Bonchev–Trinajstić information content (AvgIpc) is 3.90. The highest BCUT2D eigenvalue weighted by Crippen LogP contribution is 2.61. The van der Waals surface area contributed by atoms with E-state index in [0.717, 1.165) is 51.5 Å². The van der Waals surface area contributed by atoms with Gasteiger partial charge in [-0.2, -0.15) is 0 Å². The van der Waals surface area contributed by atoms with Crippen molar-refractivity contribution in [3.05, 3.63) is 163 Å². The zero-order valence-electron chi connectivity index (χ0n) is 30.7. The van der Waals surface area contributed by atoms with E-state index in [-0.39, 0.29) is 5.41 Å². The third kappa shape index (κ3) is 3.88. The van der Waals surface area contributed by atoms with Crippen LogP contribution in [-0.2, 0) is 5.41 Å². The zero-order chi connectivity index (χ0) is 36.5. The van der Waals surface area contributed by atoms with Gasteiger partial charge in [0, 0.05) is 27.1 Å². The summed E-state index contributed by atoms with van der Waals surface area (Å²) in [5.41, 5.74) is 12.1. The predicted octanol–water partition coefficient (Wildman–Crippen LogP) is 13.8. The molecule has 11 aromatic rings. The number of hydrogen-bond acceptors (Lipinski definition) is 3. The minimum absolute atomic E-state index is 0.112. The molecule has 0 saturated heterocycles. The van der Waals surface area contributed by atoms with Crippen molar-refractivity contribution in [2.45, 2.75) is 37.5 Å². The molecule has 1 saturated carbocycles. The molecule has 3 heterocycles. The molecule has 0 radical (unpaired) electrons. The smallest absolute Gasteiger partial charge is 0.236 e. The maximum atomic E-state index is 6.72. The Labute approximate surface area is 322 Å². The summed E-state index contributed by atoms with van der Waals surface area (Å²) < 4.78 is 9.17. The van der Waals surface area contributed by atoms with Gasteiger partial charge in [0.05, 0.1) is 11.0 Å².